The van der Waals surface area contributed by atoms with Crippen LogP contribution in [0.25, 0.3) is 0 Å². The summed E-state index contributed by atoms with van der Waals surface area (Å²) in [5.74, 6) is 1.49. The Morgan fingerprint density at radius 3 is 2.46 bits per heavy atom. The molecule has 0 saturated carbocycles. The average molecular weight is 348 g/mol. The minimum absolute atomic E-state index is 0.00433. The summed E-state index contributed by atoms with van der Waals surface area (Å²) < 4.78 is 10.6. The van der Waals surface area contributed by atoms with Gasteiger partial charge in [0.1, 0.15) is 11.5 Å². The molecule has 1 unspecified atom stereocenters. The topological polar surface area (TPSA) is 47.6 Å². The van der Waals surface area contributed by atoms with Crippen LogP contribution < -0.4 is 14.8 Å². The first-order chi connectivity index (χ1) is 11.5. The fourth-order valence-corrected chi connectivity index (χ4v) is 2.61. The lowest BCUT2D eigenvalue weighted by Gasteiger charge is -2.16. The minimum atomic E-state index is -0.00433. The van der Waals surface area contributed by atoms with Crippen LogP contribution in [0.5, 0.6) is 11.5 Å². The fourth-order valence-electron chi connectivity index (χ4n) is 2.49. The number of hydrogen-bond donors (Lipinski definition) is 1. The molecule has 0 bridgehead atoms. The molecule has 0 fully saturated rings. The summed E-state index contributed by atoms with van der Waals surface area (Å²) in [7, 11) is 3.23. The van der Waals surface area contributed by atoms with Gasteiger partial charge < -0.3 is 14.8 Å². The number of nitrogens with one attached hydrogen (secondary N) is 1. The highest BCUT2D eigenvalue weighted by atomic mass is 35.5. The highest BCUT2D eigenvalue weighted by Gasteiger charge is 2.16. The van der Waals surface area contributed by atoms with Crippen molar-refractivity contribution in [2.24, 2.45) is 0 Å². The van der Waals surface area contributed by atoms with Crippen molar-refractivity contribution in [1.29, 1.82) is 0 Å². The van der Waals surface area contributed by atoms with Gasteiger partial charge in [0.2, 0.25) is 5.91 Å². The first-order valence-electron chi connectivity index (χ1n) is 7.76. The molecule has 2 aromatic rings. The maximum Gasteiger partial charge on any atom is 0.220 e. The lowest BCUT2D eigenvalue weighted by Crippen LogP contribution is -2.24. The number of rotatable bonds is 7. The number of amides is 1. The molecule has 1 amide bonds. The zero-order chi connectivity index (χ0) is 17.5. The van der Waals surface area contributed by atoms with Crippen LogP contribution in [-0.4, -0.2) is 20.1 Å². The van der Waals surface area contributed by atoms with Gasteiger partial charge in [-0.3, -0.25) is 4.79 Å². The highest BCUT2D eigenvalue weighted by molar-refractivity contribution is 6.30. The van der Waals surface area contributed by atoms with Crippen molar-refractivity contribution < 1.29 is 14.3 Å². The smallest absolute Gasteiger partial charge is 0.220 e. The number of methoxy groups -OCH3 is 2. The van der Waals surface area contributed by atoms with E-state index >= 15 is 0 Å². The van der Waals surface area contributed by atoms with Crippen LogP contribution in [0.1, 0.15) is 30.4 Å². The monoisotopic (exact) mass is 347 g/mol. The number of hydrogen-bond acceptors (Lipinski definition) is 3. The van der Waals surface area contributed by atoms with E-state index in [1.807, 2.05) is 49.4 Å². The van der Waals surface area contributed by atoms with Crippen molar-refractivity contribution in [1.82, 2.24) is 5.32 Å². The quantitative estimate of drug-likeness (QED) is 0.817. The Labute approximate surface area is 147 Å². The molecule has 1 N–H and O–H groups in total. The van der Waals surface area contributed by atoms with Gasteiger partial charge in [-0.25, -0.2) is 0 Å². The number of carbonyl (C=O) groups excluding carboxylic acids is 1. The predicted molar refractivity (Wildman–Crippen MR) is 95.9 cm³/mol. The number of ether oxygens (including phenoxy) is 2. The number of carbonyl (C=O) groups is 1. The maximum atomic E-state index is 12.2. The zero-order valence-corrected chi connectivity index (χ0v) is 14.9. The van der Waals surface area contributed by atoms with Crippen LogP contribution in [0, 0.1) is 0 Å². The second-order valence-electron chi connectivity index (χ2n) is 5.62. The SMILES string of the molecule is COc1ccc(C(C)CC(=O)NCc2ccc(Cl)cc2)c(OC)c1. The Bertz CT molecular complexity index is 686. The van der Waals surface area contributed by atoms with E-state index in [0.717, 1.165) is 22.6 Å². The number of halogens is 1. The van der Waals surface area contributed by atoms with Crippen LogP contribution in [-0.2, 0) is 11.3 Å². The molecule has 0 spiro atoms. The molecular weight excluding hydrogens is 326 g/mol. The Morgan fingerprint density at radius 2 is 1.83 bits per heavy atom. The first-order valence-corrected chi connectivity index (χ1v) is 8.14. The summed E-state index contributed by atoms with van der Waals surface area (Å²) >= 11 is 5.85. The van der Waals surface area contributed by atoms with E-state index in [1.54, 1.807) is 14.2 Å². The second kappa shape index (κ2) is 8.60. The van der Waals surface area contributed by atoms with Crippen molar-refractivity contribution in [2.45, 2.75) is 25.8 Å². The van der Waals surface area contributed by atoms with Crippen molar-refractivity contribution in [3.63, 3.8) is 0 Å². The van der Waals surface area contributed by atoms with Gasteiger partial charge in [0, 0.05) is 24.1 Å². The van der Waals surface area contributed by atoms with E-state index in [4.69, 9.17) is 21.1 Å². The van der Waals surface area contributed by atoms with E-state index in [-0.39, 0.29) is 11.8 Å². The van der Waals surface area contributed by atoms with Crippen molar-refractivity contribution in [3.05, 3.63) is 58.6 Å². The van der Waals surface area contributed by atoms with Crippen LogP contribution in [0.15, 0.2) is 42.5 Å². The van der Waals surface area contributed by atoms with Crippen molar-refractivity contribution in [3.8, 4) is 11.5 Å². The molecule has 0 aliphatic heterocycles. The maximum absolute atomic E-state index is 12.2. The standard InChI is InChI=1S/C19H22ClNO3/c1-13(17-9-8-16(23-2)11-18(17)24-3)10-19(22)21-12-14-4-6-15(20)7-5-14/h4-9,11,13H,10,12H2,1-3H3,(H,21,22). The first kappa shape index (κ1) is 18.1. The van der Waals surface area contributed by atoms with Gasteiger partial charge >= 0.3 is 0 Å². The van der Waals surface area contributed by atoms with Gasteiger partial charge in [-0.1, -0.05) is 36.7 Å². The molecular formula is C19H22ClNO3. The Balaban J connectivity index is 1.94. The van der Waals surface area contributed by atoms with E-state index < -0.39 is 0 Å². The molecule has 1 atom stereocenters. The Hall–Kier alpha value is -2.20. The summed E-state index contributed by atoms with van der Waals surface area (Å²) in [6, 6.07) is 13.1. The summed E-state index contributed by atoms with van der Waals surface area (Å²) in [6.45, 7) is 2.49. The summed E-state index contributed by atoms with van der Waals surface area (Å²) in [5, 5.41) is 3.62. The molecule has 0 aliphatic rings. The van der Waals surface area contributed by atoms with Crippen LogP contribution in [0.2, 0.25) is 5.02 Å². The molecule has 2 rings (SSSR count). The average Bonchev–Trinajstić information content (AvgIpc) is 2.60. The third kappa shape index (κ3) is 4.90. The molecule has 2 aromatic carbocycles. The molecule has 0 aliphatic carbocycles. The molecule has 128 valence electrons. The van der Waals surface area contributed by atoms with Crippen LogP contribution in [0.4, 0.5) is 0 Å². The lowest BCUT2D eigenvalue weighted by atomic mass is 9.96. The lowest BCUT2D eigenvalue weighted by molar-refractivity contribution is -0.121. The van der Waals surface area contributed by atoms with Crippen molar-refractivity contribution in [2.75, 3.05) is 14.2 Å². The number of benzene rings is 2. The molecule has 0 aromatic heterocycles. The van der Waals surface area contributed by atoms with E-state index in [9.17, 15) is 4.79 Å². The van der Waals surface area contributed by atoms with Crippen LogP contribution >= 0.6 is 11.6 Å². The van der Waals surface area contributed by atoms with Gasteiger partial charge in [0.05, 0.1) is 14.2 Å². The fraction of sp³-hybridized carbons (Fsp3) is 0.316. The molecule has 4 nitrogen and oxygen atoms in total. The molecule has 0 heterocycles. The molecule has 0 radical (unpaired) electrons. The van der Waals surface area contributed by atoms with E-state index in [0.29, 0.717) is 18.0 Å². The Morgan fingerprint density at radius 1 is 1.12 bits per heavy atom. The van der Waals surface area contributed by atoms with Crippen LogP contribution in [0.3, 0.4) is 0 Å². The molecule has 5 heteroatoms. The van der Waals surface area contributed by atoms with Gasteiger partial charge in [0.15, 0.2) is 0 Å². The predicted octanol–water partition coefficient (Wildman–Crippen LogP) is 4.17. The third-order valence-corrected chi connectivity index (χ3v) is 4.12. The van der Waals surface area contributed by atoms with Gasteiger partial charge in [0.25, 0.3) is 0 Å². The van der Waals surface area contributed by atoms with E-state index in [2.05, 4.69) is 5.32 Å². The summed E-state index contributed by atoms with van der Waals surface area (Å²) in [5.41, 5.74) is 2.00. The largest absolute Gasteiger partial charge is 0.497 e. The molecule has 0 saturated heterocycles. The Kier molecular flexibility index (Phi) is 6.50. The highest BCUT2D eigenvalue weighted by Crippen LogP contribution is 2.32. The summed E-state index contributed by atoms with van der Waals surface area (Å²) in [6.07, 6.45) is 0.385. The molecule has 24 heavy (non-hydrogen) atoms. The second-order valence-corrected chi connectivity index (χ2v) is 6.05. The van der Waals surface area contributed by atoms with Gasteiger partial charge in [-0.15, -0.1) is 0 Å². The van der Waals surface area contributed by atoms with Gasteiger partial charge in [-0.05, 0) is 35.2 Å². The van der Waals surface area contributed by atoms with Gasteiger partial charge in [-0.2, -0.15) is 0 Å². The zero-order valence-electron chi connectivity index (χ0n) is 14.1. The normalized spacial score (nSPS) is 11.7. The van der Waals surface area contributed by atoms with E-state index in [1.165, 1.54) is 0 Å². The minimum Gasteiger partial charge on any atom is -0.497 e. The summed E-state index contributed by atoms with van der Waals surface area (Å²) in [4.78, 5) is 12.2. The van der Waals surface area contributed by atoms with Crippen molar-refractivity contribution >= 4 is 17.5 Å². The third-order valence-electron chi connectivity index (χ3n) is 3.87.